The van der Waals surface area contributed by atoms with Crippen molar-refractivity contribution in [3.8, 4) is 0 Å². The lowest BCUT2D eigenvalue weighted by molar-refractivity contribution is -0.0526. The largest absolute Gasteiger partial charge is 0.447 e. The second-order valence-electron chi connectivity index (χ2n) is 4.73. The Kier molecular flexibility index (Phi) is 3.78. The Labute approximate surface area is 128 Å². The second-order valence-corrected chi connectivity index (χ2v) is 5.12. The van der Waals surface area contributed by atoms with E-state index in [1.165, 1.54) is 17.2 Å². The highest BCUT2D eigenvalue weighted by molar-refractivity contribution is 7.71. The van der Waals surface area contributed by atoms with Crippen LogP contribution in [-0.2, 0) is 9.47 Å². The molecule has 22 heavy (non-hydrogen) atoms. The summed E-state index contributed by atoms with van der Waals surface area (Å²) in [4.78, 5) is 21.5. The van der Waals surface area contributed by atoms with Gasteiger partial charge in [0, 0.05) is 0 Å². The van der Waals surface area contributed by atoms with Gasteiger partial charge in [-0.2, -0.15) is 0 Å². The summed E-state index contributed by atoms with van der Waals surface area (Å²) in [5.41, 5.74) is 5.81. The number of carbonyl (C=O) groups excluding carboxylic acids is 1. The van der Waals surface area contributed by atoms with Crippen molar-refractivity contribution in [3.63, 3.8) is 0 Å². The van der Waals surface area contributed by atoms with Gasteiger partial charge in [0.2, 0.25) is 0 Å². The highest BCUT2D eigenvalue weighted by Crippen LogP contribution is 2.31. The quantitative estimate of drug-likeness (QED) is 0.536. The fourth-order valence-corrected chi connectivity index (χ4v) is 2.53. The van der Waals surface area contributed by atoms with Crippen LogP contribution < -0.4 is 5.73 Å². The number of aliphatic hydroxyl groups is 2. The molecule has 3 heterocycles. The molecule has 1 amide bonds. The van der Waals surface area contributed by atoms with E-state index in [1.807, 2.05) is 0 Å². The SMILES string of the molecule is NC(=O)OCC1OC(n2cnc3c(=S)nc[nH]c32)C(O)C1O. The number of hydrogen-bond acceptors (Lipinski definition) is 8. The molecule has 118 valence electrons. The maximum atomic E-state index is 10.6. The Bertz CT molecular complexity index is 761. The van der Waals surface area contributed by atoms with Gasteiger partial charge in [-0.1, -0.05) is 12.2 Å². The van der Waals surface area contributed by atoms with Gasteiger partial charge >= 0.3 is 6.09 Å². The first-order valence-electron chi connectivity index (χ1n) is 6.33. The molecule has 5 N–H and O–H groups in total. The third-order valence-electron chi connectivity index (χ3n) is 3.38. The molecule has 0 saturated carbocycles. The lowest BCUT2D eigenvalue weighted by Crippen LogP contribution is -2.35. The Hall–Kier alpha value is -2.08. The van der Waals surface area contributed by atoms with Gasteiger partial charge in [0.1, 0.15) is 36.1 Å². The molecule has 1 fully saturated rings. The van der Waals surface area contributed by atoms with Crippen LogP contribution in [0.5, 0.6) is 0 Å². The Morgan fingerprint density at radius 3 is 3.00 bits per heavy atom. The Morgan fingerprint density at radius 2 is 2.27 bits per heavy atom. The van der Waals surface area contributed by atoms with Crippen molar-refractivity contribution >= 4 is 29.5 Å². The van der Waals surface area contributed by atoms with E-state index in [9.17, 15) is 15.0 Å². The number of imidazole rings is 1. The summed E-state index contributed by atoms with van der Waals surface area (Å²) in [5, 5.41) is 20.1. The third-order valence-corrected chi connectivity index (χ3v) is 3.68. The summed E-state index contributed by atoms with van der Waals surface area (Å²) in [6, 6.07) is 0. The van der Waals surface area contributed by atoms with Gasteiger partial charge in [-0.15, -0.1) is 0 Å². The van der Waals surface area contributed by atoms with Crippen molar-refractivity contribution in [1.29, 1.82) is 0 Å². The number of aromatic nitrogens is 4. The molecular formula is C11H13N5O5S. The molecule has 0 radical (unpaired) electrons. The van der Waals surface area contributed by atoms with Gasteiger partial charge in [0.15, 0.2) is 10.9 Å². The van der Waals surface area contributed by atoms with E-state index in [-0.39, 0.29) is 6.61 Å². The number of carbonyl (C=O) groups is 1. The molecule has 1 aliphatic rings. The molecule has 4 unspecified atom stereocenters. The minimum Gasteiger partial charge on any atom is -0.447 e. The summed E-state index contributed by atoms with van der Waals surface area (Å²) in [6.07, 6.45) is -2.49. The summed E-state index contributed by atoms with van der Waals surface area (Å²) < 4.78 is 11.9. The van der Waals surface area contributed by atoms with Crippen LogP contribution >= 0.6 is 12.2 Å². The molecule has 1 saturated heterocycles. The maximum Gasteiger partial charge on any atom is 0.404 e. The van der Waals surface area contributed by atoms with Crippen LogP contribution in [0.2, 0.25) is 0 Å². The number of rotatable bonds is 3. The van der Waals surface area contributed by atoms with Crippen LogP contribution in [-0.4, -0.2) is 60.7 Å². The Balaban J connectivity index is 1.89. The number of fused-ring (bicyclic) bond motifs is 1. The summed E-state index contributed by atoms with van der Waals surface area (Å²) in [5.74, 6) is 0. The summed E-state index contributed by atoms with van der Waals surface area (Å²) >= 11 is 5.06. The molecule has 2 aromatic rings. The van der Waals surface area contributed by atoms with E-state index in [2.05, 4.69) is 19.7 Å². The molecule has 0 spiro atoms. The molecule has 0 aliphatic carbocycles. The molecule has 1 aliphatic heterocycles. The predicted molar refractivity (Wildman–Crippen MR) is 74.2 cm³/mol. The number of aliphatic hydroxyl groups excluding tert-OH is 2. The zero-order valence-electron chi connectivity index (χ0n) is 11.1. The number of aromatic amines is 1. The van der Waals surface area contributed by atoms with E-state index in [4.69, 9.17) is 22.7 Å². The van der Waals surface area contributed by atoms with E-state index in [0.717, 1.165) is 0 Å². The van der Waals surface area contributed by atoms with Crippen molar-refractivity contribution in [2.24, 2.45) is 5.73 Å². The molecule has 0 bridgehead atoms. The molecule has 3 rings (SSSR count). The number of hydrogen-bond donors (Lipinski definition) is 4. The number of amides is 1. The van der Waals surface area contributed by atoms with Crippen LogP contribution in [0.1, 0.15) is 6.23 Å². The molecule has 11 heteroatoms. The summed E-state index contributed by atoms with van der Waals surface area (Å²) in [6.45, 7) is -0.270. The number of nitrogens with zero attached hydrogens (tertiary/aromatic N) is 3. The monoisotopic (exact) mass is 327 g/mol. The first-order chi connectivity index (χ1) is 10.5. The van der Waals surface area contributed by atoms with Crippen molar-refractivity contribution in [3.05, 3.63) is 17.3 Å². The molecule has 0 aromatic carbocycles. The van der Waals surface area contributed by atoms with Crippen molar-refractivity contribution in [2.45, 2.75) is 24.5 Å². The molecule has 4 atom stereocenters. The zero-order valence-corrected chi connectivity index (χ0v) is 11.9. The summed E-state index contributed by atoms with van der Waals surface area (Å²) in [7, 11) is 0. The highest BCUT2D eigenvalue weighted by atomic mass is 32.1. The lowest BCUT2D eigenvalue weighted by Gasteiger charge is -2.16. The fourth-order valence-electron chi connectivity index (χ4n) is 2.33. The minimum absolute atomic E-state index is 0.270. The number of ether oxygens (including phenoxy) is 2. The second kappa shape index (κ2) is 5.61. The maximum absolute atomic E-state index is 10.6. The van der Waals surface area contributed by atoms with Crippen molar-refractivity contribution < 1.29 is 24.5 Å². The number of primary amides is 1. The minimum atomic E-state index is -1.24. The average molecular weight is 327 g/mol. The molecule has 10 nitrogen and oxygen atoms in total. The highest BCUT2D eigenvalue weighted by Gasteiger charge is 2.44. The zero-order chi connectivity index (χ0) is 15.9. The van der Waals surface area contributed by atoms with E-state index < -0.39 is 30.6 Å². The normalized spacial score (nSPS) is 28.1. The van der Waals surface area contributed by atoms with Crippen LogP contribution in [0.15, 0.2) is 12.7 Å². The number of nitrogens with one attached hydrogen (secondary N) is 1. The topological polar surface area (TPSA) is 149 Å². The van der Waals surface area contributed by atoms with Gasteiger partial charge < -0.3 is 30.4 Å². The van der Waals surface area contributed by atoms with Crippen LogP contribution in [0.3, 0.4) is 0 Å². The van der Waals surface area contributed by atoms with Gasteiger partial charge in [-0.3, -0.25) is 4.57 Å². The van der Waals surface area contributed by atoms with Crippen LogP contribution in [0.25, 0.3) is 11.2 Å². The van der Waals surface area contributed by atoms with Gasteiger partial charge in [-0.05, 0) is 0 Å². The fraction of sp³-hybridized carbons (Fsp3) is 0.455. The van der Waals surface area contributed by atoms with Gasteiger partial charge in [0.05, 0.1) is 12.7 Å². The number of H-pyrrole nitrogens is 1. The predicted octanol–water partition coefficient (Wildman–Crippen LogP) is -0.797. The number of nitrogens with two attached hydrogens (primary N) is 1. The van der Waals surface area contributed by atoms with E-state index in [1.54, 1.807) is 0 Å². The Morgan fingerprint density at radius 1 is 1.50 bits per heavy atom. The molecule has 2 aromatic heterocycles. The van der Waals surface area contributed by atoms with Crippen LogP contribution in [0.4, 0.5) is 4.79 Å². The average Bonchev–Trinajstić information content (AvgIpc) is 3.01. The van der Waals surface area contributed by atoms with Crippen molar-refractivity contribution in [1.82, 2.24) is 19.5 Å². The van der Waals surface area contributed by atoms with Gasteiger partial charge in [-0.25, -0.2) is 14.8 Å². The van der Waals surface area contributed by atoms with E-state index >= 15 is 0 Å². The van der Waals surface area contributed by atoms with Crippen LogP contribution in [0, 0.1) is 4.64 Å². The first-order valence-corrected chi connectivity index (χ1v) is 6.74. The standard InChI is InChI=1S/C11H13N5O5S/c12-11(19)20-1-4-6(17)7(18)10(21-4)16-3-15-5-8(16)13-2-14-9(5)22/h2-4,6-7,10,17-18H,1H2,(H2,12,19)(H,13,14,22). The van der Waals surface area contributed by atoms with Crippen molar-refractivity contribution in [2.75, 3.05) is 6.61 Å². The van der Waals surface area contributed by atoms with Gasteiger partial charge in [0.25, 0.3) is 0 Å². The lowest BCUT2D eigenvalue weighted by atomic mass is 10.1. The first kappa shape index (κ1) is 14.8. The third kappa shape index (κ3) is 2.43. The van der Waals surface area contributed by atoms with E-state index in [0.29, 0.717) is 15.8 Å². The molecular weight excluding hydrogens is 314 g/mol. The smallest absolute Gasteiger partial charge is 0.404 e.